The molecular weight excluding hydrogens is 362 g/mol. The Kier molecular flexibility index (Phi) is 4.82. The second-order valence-electron chi connectivity index (χ2n) is 7.70. The molecule has 0 radical (unpaired) electrons. The largest absolute Gasteiger partial charge is 0.488 e. The van der Waals surface area contributed by atoms with E-state index in [2.05, 4.69) is 41.6 Å². The number of hydrogen-bond acceptors (Lipinski definition) is 4. The van der Waals surface area contributed by atoms with E-state index >= 15 is 0 Å². The van der Waals surface area contributed by atoms with Gasteiger partial charge in [-0.05, 0) is 29.9 Å². The molecule has 0 unspecified atom stereocenters. The topological polar surface area (TPSA) is 63.2 Å². The first-order chi connectivity index (χ1) is 13.0. The molecule has 1 saturated heterocycles. The number of carbonyl (C=O) groups is 1. The summed E-state index contributed by atoms with van der Waals surface area (Å²) in [7, 11) is 0. The van der Waals surface area contributed by atoms with E-state index in [0.717, 1.165) is 18.4 Å². The van der Waals surface area contributed by atoms with Crippen LogP contribution < -0.4 is 15.4 Å². The highest BCUT2D eigenvalue weighted by Crippen LogP contribution is 2.38. The van der Waals surface area contributed by atoms with Gasteiger partial charge in [0.15, 0.2) is 0 Å². The van der Waals surface area contributed by atoms with Crippen molar-refractivity contribution in [1.82, 2.24) is 10.3 Å². The van der Waals surface area contributed by atoms with Crippen molar-refractivity contribution in [2.75, 3.05) is 18.4 Å². The molecule has 0 bridgehead atoms. The summed E-state index contributed by atoms with van der Waals surface area (Å²) in [6, 6.07) is 9.88. The Balaban J connectivity index is 1.64. The van der Waals surface area contributed by atoms with Crippen LogP contribution in [0.15, 0.2) is 36.5 Å². The summed E-state index contributed by atoms with van der Waals surface area (Å²) in [5, 5.41) is 6.68. The zero-order chi connectivity index (χ0) is 19.0. The van der Waals surface area contributed by atoms with Gasteiger partial charge in [0.25, 0.3) is 0 Å². The smallest absolute Gasteiger partial charge is 0.237 e. The van der Waals surface area contributed by atoms with Crippen LogP contribution in [0.3, 0.4) is 0 Å². The van der Waals surface area contributed by atoms with Crippen LogP contribution in [-0.2, 0) is 10.2 Å². The molecule has 2 fully saturated rings. The minimum absolute atomic E-state index is 0.0425. The molecule has 1 aliphatic heterocycles. The monoisotopic (exact) mass is 385 g/mol. The first-order valence-corrected chi connectivity index (χ1v) is 9.81. The number of nitrogens with zero attached hydrogens (tertiary/aromatic N) is 1. The molecule has 2 heterocycles. The van der Waals surface area contributed by atoms with E-state index in [4.69, 9.17) is 16.3 Å². The molecule has 6 heteroatoms. The molecule has 2 N–H and O–H groups in total. The molecule has 2 aliphatic rings. The highest BCUT2D eigenvalue weighted by atomic mass is 35.5. The van der Waals surface area contributed by atoms with Crippen LogP contribution in [0, 0.1) is 0 Å². The van der Waals surface area contributed by atoms with Crippen molar-refractivity contribution < 1.29 is 9.53 Å². The number of amides is 1. The van der Waals surface area contributed by atoms with Gasteiger partial charge in [0.2, 0.25) is 5.91 Å². The SMILES string of the molecule is CC(C)c1ccccc1C1(C(=O)Nc2cnc(Cl)cc2OC2CC2)CNC1. The van der Waals surface area contributed by atoms with E-state index in [1.165, 1.54) is 5.56 Å². The van der Waals surface area contributed by atoms with Crippen molar-refractivity contribution in [1.29, 1.82) is 0 Å². The Morgan fingerprint density at radius 1 is 1.33 bits per heavy atom. The first-order valence-electron chi connectivity index (χ1n) is 9.43. The standard InChI is InChI=1S/C21H24ClN3O2/c1-13(2)15-5-3-4-6-16(15)21(11-23-12-21)20(26)25-17-10-24-19(22)9-18(17)27-14-7-8-14/h3-6,9-10,13-14,23H,7-8,11-12H2,1-2H3,(H,25,26). The van der Waals surface area contributed by atoms with Crippen molar-refractivity contribution in [2.24, 2.45) is 0 Å². The summed E-state index contributed by atoms with van der Waals surface area (Å²) in [6.45, 7) is 5.53. The average molecular weight is 386 g/mol. The third-order valence-electron chi connectivity index (χ3n) is 5.29. The van der Waals surface area contributed by atoms with Gasteiger partial charge in [-0.2, -0.15) is 0 Å². The normalized spacial score (nSPS) is 18.1. The molecular formula is C21H24ClN3O2. The highest BCUT2D eigenvalue weighted by molar-refractivity contribution is 6.29. The summed E-state index contributed by atoms with van der Waals surface area (Å²) in [5.41, 5.74) is 2.28. The average Bonchev–Trinajstić information content (AvgIpc) is 3.41. The predicted octanol–water partition coefficient (Wildman–Crippen LogP) is 3.88. The Bertz CT molecular complexity index is 860. The van der Waals surface area contributed by atoms with E-state index in [-0.39, 0.29) is 12.0 Å². The summed E-state index contributed by atoms with van der Waals surface area (Å²) in [6.07, 6.45) is 3.85. The van der Waals surface area contributed by atoms with Crippen molar-refractivity contribution in [3.63, 3.8) is 0 Å². The molecule has 1 saturated carbocycles. The number of anilines is 1. The molecule has 1 amide bonds. The Morgan fingerprint density at radius 2 is 2.07 bits per heavy atom. The molecule has 4 rings (SSSR count). The van der Waals surface area contributed by atoms with Gasteiger partial charge in [-0.3, -0.25) is 4.79 Å². The van der Waals surface area contributed by atoms with E-state index < -0.39 is 5.41 Å². The summed E-state index contributed by atoms with van der Waals surface area (Å²) >= 11 is 6.02. The van der Waals surface area contributed by atoms with Crippen LogP contribution in [0.25, 0.3) is 0 Å². The Hall–Kier alpha value is -2.11. The maximum atomic E-state index is 13.4. The number of nitrogens with one attached hydrogen (secondary N) is 2. The van der Waals surface area contributed by atoms with Crippen molar-refractivity contribution in [3.05, 3.63) is 52.8 Å². The lowest BCUT2D eigenvalue weighted by molar-refractivity contribution is -0.123. The number of hydrogen-bond donors (Lipinski definition) is 2. The van der Waals surface area contributed by atoms with Gasteiger partial charge in [-0.1, -0.05) is 49.7 Å². The number of halogens is 1. The number of ether oxygens (including phenoxy) is 1. The lowest BCUT2D eigenvalue weighted by Crippen LogP contribution is -2.63. The fraction of sp³-hybridized carbons (Fsp3) is 0.429. The van der Waals surface area contributed by atoms with Crippen LogP contribution in [-0.4, -0.2) is 30.1 Å². The molecule has 0 atom stereocenters. The summed E-state index contributed by atoms with van der Waals surface area (Å²) in [5.74, 6) is 0.891. The van der Waals surface area contributed by atoms with E-state index in [0.29, 0.717) is 35.6 Å². The van der Waals surface area contributed by atoms with Crippen molar-refractivity contribution in [3.8, 4) is 5.75 Å². The molecule has 2 aromatic rings. The van der Waals surface area contributed by atoms with Crippen LogP contribution in [0.4, 0.5) is 5.69 Å². The molecule has 1 aromatic heterocycles. The molecule has 142 valence electrons. The molecule has 27 heavy (non-hydrogen) atoms. The van der Waals surface area contributed by atoms with Gasteiger partial charge in [-0.15, -0.1) is 0 Å². The maximum Gasteiger partial charge on any atom is 0.237 e. The van der Waals surface area contributed by atoms with Crippen LogP contribution in [0.5, 0.6) is 5.75 Å². The molecule has 5 nitrogen and oxygen atoms in total. The number of benzene rings is 1. The number of rotatable bonds is 6. The summed E-state index contributed by atoms with van der Waals surface area (Å²) < 4.78 is 5.92. The quantitative estimate of drug-likeness (QED) is 0.741. The summed E-state index contributed by atoms with van der Waals surface area (Å²) in [4.78, 5) is 17.5. The maximum absolute atomic E-state index is 13.4. The first kappa shape index (κ1) is 18.3. The van der Waals surface area contributed by atoms with Gasteiger partial charge < -0.3 is 15.4 Å². The fourth-order valence-electron chi connectivity index (χ4n) is 3.50. The Morgan fingerprint density at radius 3 is 2.70 bits per heavy atom. The second kappa shape index (κ2) is 7.13. The lowest BCUT2D eigenvalue weighted by atomic mass is 9.71. The van der Waals surface area contributed by atoms with E-state index in [9.17, 15) is 4.79 Å². The highest BCUT2D eigenvalue weighted by Gasteiger charge is 2.47. The predicted molar refractivity (Wildman–Crippen MR) is 107 cm³/mol. The number of aromatic nitrogens is 1. The zero-order valence-electron chi connectivity index (χ0n) is 15.6. The van der Waals surface area contributed by atoms with Crippen LogP contribution in [0.1, 0.15) is 43.7 Å². The van der Waals surface area contributed by atoms with Gasteiger partial charge >= 0.3 is 0 Å². The van der Waals surface area contributed by atoms with Gasteiger partial charge in [0.05, 0.1) is 17.7 Å². The van der Waals surface area contributed by atoms with Gasteiger partial charge in [0.1, 0.15) is 16.6 Å². The van der Waals surface area contributed by atoms with Crippen molar-refractivity contribution in [2.45, 2.75) is 44.1 Å². The van der Waals surface area contributed by atoms with Crippen LogP contribution >= 0.6 is 11.6 Å². The minimum atomic E-state index is -0.586. The Labute approximate surface area is 164 Å². The number of pyridine rings is 1. The third kappa shape index (κ3) is 3.54. The van der Waals surface area contributed by atoms with Gasteiger partial charge in [0, 0.05) is 19.2 Å². The van der Waals surface area contributed by atoms with E-state index in [1.807, 2.05) is 12.1 Å². The molecule has 1 aromatic carbocycles. The van der Waals surface area contributed by atoms with Crippen molar-refractivity contribution >= 4 is 23.2 Å². The lowest BCUT2D eigenvalue weighted by Gasteiger charge is -2.43. The fourth-order valence-corrected chi connectivity index (χ4v) is 3.64. The molecule has 1 aliphatic carbocycles. The van der Waals surface area contributed by atoms with Crippen LogP contribution in [0.2, 0.25) is 5.15 Å². The number of carbonyl (C=O) groups excluding carboxylic acids is 1. The minimum Gasteiger partial charge on any atom is -0.488 e. The zero-order valence-corrected chi connectivity index (χ0v) is 16.3. The van der Waals surface area contributed by atoms with E-state index in [1.54, 1.807) is 12.3 Å². The van der Waals surface area contributed by atoms with Gasteiger partial charge in [-0.25, -0.2) is 4.98 Å². The second-order valence-corrected chi connectivity index (χ2v) is 8.09. The third-order valence-corrected chi connectivity index (χ3v) is 5.49. The molecule has 0 spiro atoms.